The molecule has 2 amide bonds. The highest BCUT2D eigenvalue weighted by Gasteiger charge is 2.68. The smallest absolute Gasteiger partial charge is 0.427 e. The van der Waals surface area contributed by atoms with Crippen LogP contribution in [0.4, 0.5) is 9.59 Å². The molecule has 0 aromatic heterocycles. The quantitative estimate of drug-likeness (QED) is 0.598. The van der Waals surface area contributed by atoms with Crippen LogP contribution in [-0.4, -0.2) is 55.6 Å². The average molecular weight is 401 g/mol. The van der Waals surface area contributed by atoms with Gasteiger partial charge in [0.25, 0.3) is 0 Å². The molecule has 1 fully saturated rings. The fraction of sp³-hybridized carbons (Fsp3) is 0.850. The van der Waals surface area contributed by atoms with Gasteiger partial charge in [0.2, 0.25) is 0 Å². The number of hydrogen-bond donors (Lipinski definition) is 3. The van der Waals surface area contributed by atoms with Crippen LogP contribution in [0.1, 0.15) is 68.7 Å². The van der Waals surface area contributed by atoms with Crippen molar-refractivity contribution in [2.45, 2.75) is 74.3 Å². The average Bonchev–Trinajstić information content (AvgIpc) is 2.59. The van der Waals surface area contributed by atoms with Gasteiger partial charge in [-0.05, 0) is 22.7 Å². The van der Waals surface area contributed by atoms with Crippen LogP contribution in [0.2, 0.25) is 0 Å². The van der Waals surface area contributed by atoms with Crippen molar-refractivity contribution in [3.8, 4) is 0 Å². The summed E-state index contributed by atoms with van der Waals surface area (Å²) in [6, 6.07) is 0. The maximum atomic E-state index is 12.6. The highest BCUT2D eigenvalue weighted by molar-refractivity contribution is 5.75. The molecular formula is C20H36N2O6. The minimum Gasteiger partial charge on any atom is -0.481 e. The summed E-state index contributed by atoms with van der Waals surface area (Å²) in [5.74, 6) is -2.57. The summed E-state index contributed by atoms with van der Waals surface area (Å²) in [7, 11) is 0. The third-order valence-electron chi connectivity index (χ3n) is 6.02. The number of hydrazine groups is 1. The first-order valence-corrected chi connectivity index (χ1v) is 9.58. The van der Waals surface area contributed by atoms with Gasteiger partial charge in [-0.3, -0.25) is 4.79 Å². The molecule has 8 nitrogen and oxygen atoms in total. The van der Waals surface area contributed by atoms with Crippen molar-refractivity contribution in [2.75, 3.05) is 6.54 Å². The second-order valence-corrected chi connectivity index (χ2v) is 10.8. The Hall–Kier alpha value is -1.99. The Kier molecular flexibility index (Phi) is 6.11. The van der Waals surface area contributed by atoms with Crippen molar-refractivity contribution < 1.29 is 29.7 Å². The maximum Gasteiger partial charge on any atom is 0.427 e. The first kappa shape index (κ1) is 24.0. The molecule has 28 heavy (non-hydrogen) atoms. The summed E-state index contributed by atoms with van der Waals surface area (Å²) >= 11 is 0. The Morgan fingerprint density at radius 1 is 0.821 bits per heavy atom. The Balaban J connectivity index is 4.22. The van der Waals surface area contributed by atoms with Crippen LogP contribution in [0.3, 0.4) is 0 Å². The maximum absolute atomic E-state index is 12.6. The number of rotatable bonds is 1. The second kappa shape index (κ2) is 7.12. The van der Waals surface area contributed by atoms with Gasteiger partial charge in [0, 0.05) is 12.5 Å². The lowest BCUT2D eigenvalue weighted by molar-refractivity contribution is -0.204. The van der Waals surface area contributed by atoms with Gasteiger partial charge in [-0.25, -0.2) is 19.6 Å². The molecule has 0 saturated carbocycles. The van der Waals surface area contributed by atoms with Crippen LogP contribution in [0, 0.1) is 28.1 Å². The molecule has 1 aliphatic rings. The van der Waals surface area contributed by atoms with Gasteiger partial charge in [-0.2, -0.15) is 0 Å². The van der Waals surface area contributed by atoms with E-state index in [0.29, 0.717) is 0 Å². The highest BCUT2D eigenvalue weighted by Crippen LogP contribution is 2.61. The van der Waals surface area contributed by atoms with Crippen molar-refractivity contribution in [2.24, 2.45) is 28.1 Å². The molecule has 3 N–H and O–H groups in total. The second-order valence-electron chi connectivity index (χ2n) is 10.8. The summed E-state index contributed by atoms with van der Waals surface area (Å²) in [6.45, 7) is 16.7. The van der Waals surface area contributed by atoms with Crippen LogP contribution in [0.25, 0.3) is 0 Å². The van der Waals surface area contributed by atoms with Crippen molar-refractivity contribution in [1.29, 1.82) is 0 Å². The zero-order valence-electron chi connectivity index (χ0n) is 18.5. The number of aliphatic carboxylic acids is 1. The van der Waals surface area contributed by atoms with Crippen LogP contribution < -0.4 is 0 Å². The van der Waals surface area contributed by atoms with Gasteiger partial charge in [-0.1, -0.05) is 62.3 Å². The van der Waals surface area contributed by atoms with Gasteiger partial charge in [-0.15, -0.1) is 0 Å². The molecule has 0 spiro atoms. The van der Waals surface area contributed by atoms with E-state index in [9.17, 15) is 29.7 Å². The molecule has 1 rings (SSSR count). The molecule has 162 valence electrons. The predicted octanol–water partition coefficient (Wildman–Crippen LogP) is 4.46. The number of carbonyl (C=O) groups is 3. The topological polar surface area (TPSA) is 118 Å². The lowest BCUT2D eigenvalue weighted by Crippen LogP contribution is -2.75. The van der Waals surface area contributed by atoms with E-state index in [1.807, 2.05) is 62.3 Å². The monoisotopic (exact) mass is 400 g/mol. The largest absolute Gasteiger partial charge is 0.481 e. The fourth-order valence-corrected chi connectivity index (χ4v) is 5.77. The van der Waals surface area contributed by atoms with Gasteiger partial charge >= 0.3 is 18.2 Å². The van der Waals surface area contributed by atoms with Gasteiger partial charge in [0.1, 0.15) is 0 Å². The summed E-state index contributed by atoms with van der Waals surface area (Å²) in [5.41, 5.74) is -3.46. The predicted molar refractivity (Wildman–Crippen MR) is 105 cm³/mol. The molecule has 0 bridgehead atoms. The summed E-state index contributed by atoms with van der Waals surface area (Å²) < 4.78 is 0. The van der Waals surface area contributed by atoms with Gasteiger partial charge in [0.05, 0.1) is 11.5 Å². The van der Waals surface area contributed by atoms with Crippen molar-refractivity contribution in [3.05, 3.63) is 0 Å². The SMILES string of the molecule is CC(C)(C)C1C(C(=O)O)CCN(C(=O)O)N(C(=O)O)C1(C(C)(C)C)C(C)(C)C. The normalized spacial score (nSPS) is 23.9. The summed E-state index contributed by atoms with van der Waals surface area (Å²) in [6.07, 6.45) is -2.76. The lowest BCUT2D eigenvalue weighted by atomic mass is 9.47. The summed E-state index contributed by atoms with van der Waals surface area (Å²) in [5, 5.41) is 31.9. The van der Waals surface area contributed by atoms with Gasteiger partial charge < -0.3 is 15.3 Å². The van der Waals surface area contributed by atoms with Crippen molar-refractivity contribution >= 4 is 18.2 Å². The zero-order chi connectivity index (χ0) is 22.5. The Bertz CT molecular complexity index is 625. The first-order valence-electron chi connectivity index (χ1n) is 9.58. The minimum atomic E-state index is -1.40. The summed E-state index contributed by atoms with van der Waals surface area (Å²) in [4.78, 5) is 37.0. The highest BCUT2D eigenvalue weighted by atomic mass is 16.4. The first-order chi connectivity index (χ1) is 12.3. The lowest BCUT2D eigenvalue weighted by Gasteiger charge is -2.64. The van der Waals surface area contributed by atoms with Crippen LogP contribution in [0.15, 0.2) is 0 Å². The van der Waals surface area contributed by atoms with Crippen molar-refractivity contribution in [3.63, 3.8) is 0 Å². The van der Waals surface area contributed by atoms with E-state index in [4.69, 9.17) is 0 Å². The third-order valence-corrected chi connectivity index (χ3v) is 6.02. The number of carboxylic acids is 1. The Labute approximate surface area is 167 Å². The van der Waals surface area contributed by atoms with Crippen LogP contribution in [0.5, 0.6) is 0 Å². The molecule has 2 atom stereocenters. The van der Waals surface area contributed by atoms with Crippen LogP contribution in [-0.2, 0) is 4.79 Å². The third kappa shape index (κ3) is 3.65. The van der Waals surface area contributed by atoms with E-state index >= 15 is 0 Å². The Morgan fingerprint density at radius 2 is 1.25 bits per heavy atom. The number of nitrogens with zero attached hydrogens (tertiary/aromatic N) is 2. The molecule has 0 radical (unpaired) electrons. The molecule has 1 saturated heterocycles. The van der Waals surface area contributed by atoms with E-state index in [0.717, 1.165) is 10.0 Å². The molecule has 0 aromatic rings. The molecular weight excluding hydrogens is 364 g/mol. The molecule has 2 unspecified atom stereocenters. The Morgan fingerprint density at radius 3 is 1.50 bits per heavy atom. The van der Waals surface area contributed by atoms with E-state index in [1.54, 1.807) is 0 Å². The molecule has 1 aliphatic heterocycles. The fourth-order valence-electron chi connectivity index (χ4n) is 5.77. The van der Waals surface area contributed by atoms with E-state index in [2.05, 4.69) is 0 Å². The van der Waals surface area contributed by atoms with E-state index < -0.39 is 51.8 Å². The number of carboxylic acid groups (broad SMARTS) is 3. The van der Waals surface area contributed by atoms with E-state index in [1.165, 1.54) is 0 Å². The minimum absolute atomic E-state index is 0.0429. The number of hydrogen-bond acceptors (Lipinski definition) is 3. The zero-order valence-corrected chi connectivity index (χ0v) is 18.5. The molecule has 8 heteroatoms. The van der Waals surface area contributed by atoms with Crippen molar-refractivity contribution in [1.82, 2.24) is 10.0 Å². The van der Waals surface area contributed by atoms with Crippen LogP contribution >= 0.6 is 0 Å². The van der Waals surface area contributed by atoms with E-state index in [-0.39, 0.29) is 13.0 Å². The van der Waals surface area contributed by atoms with Gasteiger partial charge in [0.15, 0.2) is 0 Å². The molecule has 0 aromatic carbocycles. The number of amides is 2. The molecule has 0 aliphatic carbocycles. The standard InChI is InChI=1S/C20H36N2O6/c1-17(2,3)13-12(14(23)24)10-11-21(15(25)26)22(16(27)28)20(13,18(4,5)6)19(7,8)9/h12-13H,10-11H2,1-9H3,(H,23,24)(H,25,26)(H,27,28). The molecule has 1 heterocycles.